The van der Waals surface area contributed by atoms with E-state index in [1.54, 1.807) is 0 Å². The molecule has 3 atom stereocenters. The highest BCUT2D eigenvalue weighted by Crippen LogP contribution is 2.37. The maximum Gasteiger partial charge on any atom is 0.345 e. The molecule has 2 heterocycles. The van der Waals surface area contributed by atoms with Crippen molar-refractivity contribution in [2.45, 2.75) is 31.8 Å². The van der Waals surface area contributed by atoms with Crippen LogP contribution in [0.4, 0.5) is 0 Å². The fourth-order valence-corrected chi connectivity index (χ4v) is 3.47. The van der Waals surface area contributed by atoms with E-state index in [1.165, 1.54) is 12.1 Å². The average Bonchev–Trinajstić information content (AvgIpc) is 2.86. The van der Waals surface area contributed by atoms with Gasteiger partial charge in [-0.25, -0.2) is 4.79 Å². The fourth-order valence-electron chi connectivity index (χ4n) is 2.72. The van der Waals surface area contributed by atoms with Crippen LogP contribution in [0.25, 0.3) is 0 Å². The number of amides is 2. The molecule has 3 rings (SSSR count). The van der Waals surface area contributed by atoms with Gasteiger partial charge in [0.1, 0.15) is 4.88 Å². The highest BCUT2D eigenvalue weighted by molar-refractivity contribution is 7.15. The van der Waals surface area contributed by atoms with Gasteiger partial charge in [0.15, 0.2) is 0 Å². The Kier molecular flexibility index (Phi) is 3.44. The number of hydrogen-bond donors (Lipinski definition) is 2. The van der Waals surface area contributed by atoms with Crippen molar-refractivity contribution in [3.05, 3.63) is 21.9 Å². The van der Waals surface area contributed by atoms with Crippen LogP contribution in [0.15, 0.2) is 12.1 Å². The third-order valence-corrected chi connectivity index (χ3v) is 5.07. The highest BCUT2D eigenvalue weighted by atomic mass is 32.1. The second kappa shape index (κ2) is 5.14. The molecule has 1 saturated heterocycles. The second-order valence-corrected chi connectivity index (χ2v) is 6.75. The molecule has 0 spiro atoms. The zero-order chi connectivity index (χ0) is 15.1. The van der Waals surface area contributed by atoms with Crippen LogP contribution in [-0.2, 0) is 4.79 Å². The Morgan fingerprint density at radius 3 is 2.62 bits per heavy atom. The summed E-state index contributed by atoms with van der Waals surface area (Å²) >= 11 is 0.943. The Morgan fingerprint density at radius 1 is 1.38 bits per heavy atom. The summed E-state index contributed by atoms with van der Waals surface area (Å²) < 4.78 is 0. The maximum absolute atomic E-state index is 12.1. The predicted molar refractivity (Wildman–Crippen MR) is 76.4 cm³/mol. The molecule has 1 saturated carbocycles. The number of carboxylic acid groups (broad SMARTS) is 1. The number of nitrogens with zero attached hydrogens (tertiary/aromatic N) is 1. The Bertz CT molecular complexity index is 612. The summed E-state index contributed by atoms with van der Waals surface area (Å²) in [5.41, 5.74) is 0. The summed E-state index contributed by atoms with van der Waals surface area (Å²) in [4.78, 5) is 37.2. The molecule has 1 aromatic rings. The molecule has 3 unspecified atom stereocenters. The molecule has 1 aromatic heterocycles. The van der Waals surface area contributed by atoms with Crippen molar-refractivity contribution < 1.29 is 19.5 Å². The lowest BCUT2D eigenvalue weighted by atomic mass is 10.2. The van der Waals surface area contributed by atoms with Gasteiger partial charge in [-0.2, -0.15) is 0 Å². The van der Waals surface area contributed by atoms with Gasteiger partial charge in [0.05, 0.1) is 10.9 Å². The average molecular weight is 308 g/mol. The third-order valence-electron chi connectivity index (χ3n) is 4.00. The molecular weight excluding hydrogens is 292 g/mol. The molecule has 0 aromatic carbocycles. The standard InChI is InChI=1S/C14H16N2O4S/c1-7-4-9(7)16-6-8(5-12(16)17)15-13(18)10-2-3-11(21-10)14(19)20/h2-3,7-9H,4-6H2,1H3,(H,15,18)(H,19,20). The van der Waals surface area contributed by atoms with Crippen LogP contribution in [-0.4, -0.2) is 46.4 Å². The van der Waals surface area contributed by atoms with Gasteiger partial charge in [-0.15, -0.1) is 11.3 Å². The van der Waals surface area contributed by atoms with Gasteiger partial charge in [0.25, 0.3) is 5.91 Å². The number of carbonyl (C=O) groups excluding carboxylic acids is 2. The van der Waals surface area contributed by atoms with Crippen LogP contribution in [0.2, 0.25) is 0 Å². The van der Waals surface area contributed by atoms with Gasteiger partial charge in [-0.05, 0) is 24.5 Å². The minimum atomic E-state index is -1.04. The van der Waals surface area contributed by atoms with Gasteiger partial charge in [0, 0.05) is 19.0 Å². The number of thiophene rings is 1. The second-order valence-electron chi connectivity index (χ2n) is 5.67. The van der Waals surface area contributed by atoms with E-state index in [1.807, 2.05) is 4.90 Å². The van der Waals surface area contributed by atoms with Crippen molar-refractivity contribution in [3.63, 3.8) is 0 Å². The molecule has 0 bridgehead atoms. The zero-order valence-electron chi connectivity index (χ0n) is 11.5. The van der Waals surface area contributed by atoms with E-state index in [0.29, 0.717) is 29.8 Å². The number of likely N-dealkylation sites (tertiary alicyclic amines) is 1. The van der Waals surface area contributed by atoms with Crippen molar-refractivity contribution in [2.24, 2.45) is 5.92 Å². The summed E-state index contributed by atoms with van der Waals surface area (Å²) in [6.45, 7) is 2.67. The Hall–Kier alpha value is -1.89. The molecule has 6 nitrogen and oxygen atoms in total. The van der Waals surface area contributed by atoms with Crippen molar-refractivity contribution in [3.8, 4) is 0 Å². The summed E-state index contributed by atoms with van der Waals surface area (Å²) in [7, 11) is 0. The van der Waals surface area contributed by atoms with Gasteiger partial charge in [-0.1, -0.05) is 6.92 Å². The van der Waals surface area contributed by atoms with Crippen molar-refractivity contribution in [1.29, 1.82) is 0 Å². The monoisotopic (exact) mass is 308 g/mol. The van der Waals surface area contributed by atoms with Gasteiger partial charge in [0.2, 0.25) is 5.91 Å². The van der Waals surface area contributed by atoms with Gasteiger partial charge in [-0.3, -0.25) is 9.59 Å². The number of rotatable bonds is 4. The molecule has 2 amide bonds. The van der Waals surface area contributed by atoms with Crippen molar-refractivity contribution >= 4 is 29.1 Å². The molecule has 21 heavy (non-hydrogen) atoms. The molecule has 2 N–H and O–H groups in total. The molecule has 1 aliphatic heterocycles. The van der Waals surface area contributed by atoms with E-state index in [0.717, 1.165) is 17.8 Å². The first-order valence-corrected chi connectivity index (χ1v) is 7.71. The minimum absolute atomic E-state index is 0.0899. The first-order valence-electron chi connectivity index (χ1n) is 6.89. The van der Waals surface area contributed by atoms with E-state index in [-0.39, 0.29) is 22.7 Å². The van der Waals surface area contributed by atoms with Crippen LogP contribution >= 0.6 is 11.3 Å². The molecule has 2 aliphatic rings. The van der Waals surface area contributed by atoms with Crippen LogP contribution in [0, 0.1) is 5.92 Å². The Morgan fingerprint density at radius 2 is 2.05 bits per heavy atom. The Balaban J connectivity index is 1.60. The predicted octanol–water partition coefficient (Wildman–Crippen LogP) is 1.19. The lowest BCUT2D eigenvalue weighted by Gasteiger charge is -2.16. The highest BCUT2D eigenvalue weighted by Gasteiger charge is 2.44. The molecular formula is C14H16N2O4S. The van der Waals surface area contributed by atoms with E-state index in [4.69, 9.17) is 5.11 Å². The lowest BCUT2D eigenvalue weighted by molar-refractivity contribution is -0.128. The summed E-state index contributed by atoms with van der Waals surface area (Å²) in [5.74, 6) is -0.703. The minimum Gasteiger partial charge on any atom is -0.477 e. The van der Waals surface area contributed by atoms with E-state index in [2.05, 4.69) is 12.2 Å². The zero-order valence-corrected chi connectivity index (χ0v) is 12.4. The number of hydrogen-bond acceptors (Lipinski definition) is 4. The topological polar surface area (TPSA) is 86.7 Å². The molecule has 7 heteroatoms. The quantitative estimate of drug-likeness (QED) is 0.874. The smallest absolute Gasteiger partial charge is 0.345 e. The van der Waals surface area contributed by atoms with Crippen molar-refractivity contribution in [2.75, 3.05) is 6.54 Å². The Labute approximate surface area is 125 Å². The summed E-state index contributed by atoms with van der Waals surface area (Å²) in [5, 5.41) is 11.7. The normalized spacial score (nSPS) is 27.8. The molecule has 2 fully saturated rings. The fraction of sp³-hybridized carbons (Fsp3) is 0.500. The maximum atomic E-state index is 12.1. The number of aromatic carboxylic acids is 1. The molecule has 1 aliphatic carbocycles. The summed E-state index contributed by atoms with van der Waals surface area (Å²) in [6.07, 6.45) is 1.37. The number of carbonyl (C=O) groups is 3. The molecule has 0 radical (unpaired) electrons. The van der Waals surface area contributed by atoms with Crippen LogP contribution in [0.1, 0.15) is 39.1 Å². The summed E-state index contributed by atoms with van der Waals surface area (Å²) in [6, 6.07) is 3.06. The van der Waals surface area contributed by atoms with Crippen LogP contribution in [0.3, 0.4) is 0 Å². The number of carboxylic acids is 1. The number of nitrogens with one attached hydrogen (secondary N) is 1. The molecule has 112 valence electrons. The lowest BCUT2D eigenvalue weighted by Crippen LogP contribution is -2.37. The SMILES string of the molecule is CC1CC1N1CC(NC(=O)c2ccc(C(=O)O)s2)CC1=O. The largest absolute Gasteiger partial charge is 0.477 e. The van der Waals surface area contributed by atoms with Gasteiger partial charge >= 0.3 is 5.97 Å². The van der Waals surface area contributed by atoms with Crippen LogP contribution in [0.5, 0.6) is 0 Å². The van der Waals surface area contributed by atoms with E-state index >= 15 is 0 Å². The van der Waals surface area contributed by atoms with Gasteiger partial charge < -0.3 is 15.3 Å². The van der Waals surface area contributed by atoms with E-state index in [9.17, 15) is 14.4 Å². The first-order chi connectivity index (χ1) is 9.95. The van der Waals surface area contributed by atoms with Crippen molar-refractivity contribution in [1.82, 2.24) is 10.2 Å². The van der Waals surface area contributed by atoms with Crippen LogP contribution < -0.4 is 5.32 Å². The van der Waals surface area contributed by atoms with E-state index < -0.39 is 5.97 Å². The first kappa shape index (κ1) is 14.1. The third kappa shape index (κ3) is 2.78.